The van der Waals surface area contributed by atoms with Crippen molar-refractivity contribution in [2.45, 2.75) is 25.7 Å². The molecular weight excluding hydrogens is 211 g/mol. The molecule has 1 aliphatic rings. The van der Waals surface area contributed by atoms with Crippen LogP contribution in [0.25, 0.3) is 0 Å². The Balaban J connectivity index is 1.61. The van der Waals surface area contributed by atoms with Gasteiger partial charge in [-0.15, -0.1) is 0 Å². The van der Waals surface area contributed by atoms with Crippen LogP contribution in [0.4, 0.5) is 0 Å². The fourth-order valence-corrected chi connectivity index (χ4v) is 1.89. The van der Waals surface area contributed by atoms with Crippen molar-refractivity contribution >= 4 is 7.12 Å². The number of allylic oxidation sites excluding steroid dienone is 1. The molecule has 0 bridgehead atoms. The van der Waals surface area contributed by atoms with Crippen molar-refractivity contribution in [3.8, 4) is 0 Å². The average molecular weight is 230 g/mol. The minimum absolute atomic E-state index is 0.111. The van der Waals surface area contributed by atoms with Gasteiger partial charge in [-0.3, -0.25) is 0 Å². The number of benzene rings is 1. The summed E-state index contributed by atoms with van der Waals surface area (Å²) in [5.74, 6) is 2.03. The molecule has 1 aliphatic heterocycles. The zero-order valence-electron chi connectivity index (χ0n) is 10.2. The first-order chi connectivity index (χ1) is 8.45. The summed E-state index contributed by atoms with van der Waals surface area (Å²) in [6.45, 7) is 1.64. The molecule has 0 spiro atoms. The Labute approximate surface area is 104 Å². The highest BCUT2D eigenvalue weighted by Gasteiger charge is 2.17. The van der Waals surface area contributed by atoms with Crippen LogP contribution in [0.2, 0.25) is 0 Å². The van der Waals surface area contributed by atoms with Crippen molar-refractivity contribution < 1.29 is 9.31 Å². The second-order valence-electron chi connectivity index (χ2n) is 4.27. The van der Waals surface area contributed by atoms with E-state index in [9.17, 15) is 0 Å². The first-order valence-corrected chi connectivity index (χ1v) is 6.39. The van der Waals surface area contributed by atoms with Gasteiger partial charge in [0.1, 0.15) is 0 Å². The van der Waals surface area contributed by atoms with Gasteiger partial charge in [-0.1, -0.05) is 42.4 Å². The van der Waals surface area contributed by atoms with E-state index >= 15 is 0 Å². The summed E-state index contributed by atoms with van der Waals surface area (Å²) in [5, 5.41) is 0. The molecule has 0 atom stereocenters. The maximum Gasteiger partial charge on any atom is 0.485 e. The quantitative estimate of drug-likeness (QED) is 0.571. The van der Waals surface area contributed by atoms with E-state index in [2.05, 4.69) is 36.4 Å². The molecule has 90 valence electrons. The molecule has 0 aromatic heterocycles. The zero-order chi connectivity index (χ0) is 11.8. The average Bonchev–Trinajstić information content (AvgIpc) is 2.41. The van der Waals surface area contributed by atoms with Gasteiger partial charge >= 0.3 is 7.12 Å². The molecule has 3 heteroatoms. The third kappa shape index (κ3) is 4.76. The maximum atomic E-state index is 5.43. The lowest BCUT2D eigenvalue weighted by atomic mass is 9.88. The minimum Gasteiger partial charge on any atom is -0.408 e. The molecule has 0 radical (unpaired) electrons. The molecule has 1 heterocycles. The van der Waals surface area contributed by atoms with Gasteiger partial charge in [-0.25, -0.2) is 0 Å². The van der Waals surface area contributed by atoms with Crippen molar-refractivity contribution in [1.82, 2.24) is 0 Å². The molecule has 0 N–H and O–H groups in total. The van der Waals surface area contributed by atoms with Gasteiger partial charge in [0, 0.05) is 13.2 Å². The molecule has 1 aromatic rings. The minimum atomic E-state index is -0.111. The Morgan fingerprint density at radius 3 is 2.65 bits per heavy atom. The number of hydrogen-bond acceptors (Lipinski definition) is 2. The molecule has 1 saturated heterocycles. The number of hydrogen-bond donors (Lipinski definition) is 0. The highest BCUT2D eigenvalue weighted by atomic mass is 16.6. The molecule has 0 saturated carbocycles. The lowest BCUT2D eigenvalue weighted by molar-refractivity contribution is 0.142. The fraction of sp³-hybridized carbons (Fsp3) is 0.429. The molecule has 0 amide bonds. The SMILES string of the molecule is C(=C/B1OCCCO1)/CCCc1ccccc1. The zero-order valence-corrected chi connectivity index (χ0v) is 10.2. The lowest BCUT2D eigenvalue weighted by Crippen LogP contribution is -2.27. The summed E-state index contributed by atoms with van der Waals surface area (Å²) in [7, 11) is -0.111. The Morgan fingerprint density at radius 2 is 1.88 bits per heavy atom. The molecule has 1 aromatic carbocycles. The van der Waals surface area contributed by atoms with E-state index in [1.807, 2.05) is 5.98 Å². The predicted octanol–water partition coefficient (Wildman–Crippen LogP) is 3.03. The predicted molar refractivity (Wildman–Crippen MR) is 70.8 cm³/mol. The number of unbranched alkanes of at least 4 members (excludes halogenated alkanes) is 1. The summed E-state index contributed by atoms with van der Waals surface area (Å²) in [6, 6.07) is 10.6. The van der Waals surface area contributed by atoms with Crippen LogP contribution in [-0.2, 0) is 15.7 Å². The van der Waals surface area contributed by atoms with Crippen LogP contribution in [0.3, 0.4) is 0 Å². The van der Waals surface area contributed by atoms with Gasteiger partial charge in [0.2, 0.25) is 0 Å². The number of rotatable bonds is 5. The Bertz CT molecular complexity index is 331. The van der Waals surface area contributed by atoms with Crippen molar-refractivity contribution in [3.63, 3.8) is 0 Å². The standard InChI is InChI=1S/C14H19BO2/c1-3-8-14(9-4-1)10-5-2-6-11-15-16-12-7-13-17-15/h1,3-4,6,8-9,11H,2,5,7,10,12-13H2/b11-6-. The van der Waals surface area contributed by atoms with E-state index in [0.29, 0.717) is 0 Å². The smallest absolute Gasteiger partial charge is 0.408 e. The largest absolute Gasteiger partial charge is 0.485 e. The highest BCUT2D eigenvalue weighted by Crippen LogP contribution is 2.06. The van der Waals surface area contributed by atoms with Crippen LogP contribution >= 0.6 is 0 Å². The van der Waals surface area contributed by atoms with Gasteiger partial charge in [0.05, 0.1) is 0 Å². The van der Waals surface area contributed by atoms with Crippen LogP contribution in [0.1, 0.15) is 24.8 Å². The van der Waals surface area contributed by atoms with E-state index in [-0.39, 0.29) is 7.12 Å². The number of aryl methyl sites for hydroxylation is 1. The van der Waals surface area contributed by atoms with Gasteiger partial charge in [-0.05, 0) is 31.2 Å². The molecule has 1 fully saturated rings. The van der Waals surface area contributed by atoms with E-state index < -0.39 is 0 Å². The summed E-state index contributed by atoms with van der Waals surface area (Å²) >= 11 is 0. The maximum absolute atomic E-state index is 5.43. The third-order valence-corrected chi connectivity index (χ3v) is 2.83. The second kappa shape index (κ2) is 7.31. The Hall–Kier alpha value is -1.06. The second-order valence-corrected chi connectivity index (χ2v) is 4.27. The van der Waals surface area contributed by atoms with Gasteiger partial charge in [0.25, 0.3) is 0 Å². The molecule has 17 heavy (non-hydrogen) atoms. The van der Waals surface area contributed by atoms with Crippen LogP contribution < -0.4 is 0 Å². The molecule has 0 aliphatic carbocycles. The molecule has 2 nitrogen and oxygen atoms in total. The molecular formula is C14H19BO2. The fourth-order valence-electron chi connectivity index (χ4n) is 1.89. The normalized spacial score (nSPS) is 16.6. The Kier molecular flexibility index (Phi) is 5.33. The van der Waals surface area contributed by atoms with E-state index in [1.54, 1.807) is 0 Å². The van der Waals surface area contributed by atoms with Crippen molar-refractivity contribution in [2.24, 2.45) is 0 Å². The van der Waals surface area contributed by atoms with Gasteiger partial charge < -0.3 is 9.31 Å². The van der Waals surface area contributed by atoms with Crippen molar-refractivity contribution in [2.75, 3.05) is 13.2 Å². The summed E-state index contributed by atoms with van der Waals surface area (Å²) in [6.07, 6.45) is 6.57. The van der Waals surface area contributed by atoms with Gasteiger partial charge in [0.15, 0.2) is 0 Å². The van der Waals surface area contributed by atoms with Crippen molar-refractivity contribution in [1.29, 1.82) is 0 Å². The Morgan fingerprint density at radius 1 is 1.12 bits per heavy atom. The van der Waals surface area contributed by atoms with Crippen LogP contribution in [0.5, 0.6) is 0 Å². The highest BCUT2D eigenvalue weighted by molar-refractivity contribution is 6.50. The lowest BCUT2D eigenvalue weighted by Gasteiger charge is -2.16. The first-order valence-electron chi connectivity index (χ1n) is 6.39. The molecule has 0 unspecified atom stereocenters. The van der Waals surface area contributed by atoms with Crippen LogP contribution in [0.15, 0.2) is 42.4 Å². The summed E-state index contributed by atoms with van der Waals surface area (Å²) < 4.78 is 10.9. The van der Waals surface area contributed by atoms with Crippen LogP contribution in [-0.4, -0.2) is 20.3 Å². The summed E-state index contributed by atoms with van der Waals surface area (Å²) in [4.78, 5) is 0. The van der Waals surface area contributed by atoms with E-state index in [0.717, 1.165) is 32.5 Å². The van der Waals surface area contributed by atoms with E-state index in [1.165, 1.54) is 12.0 Å². The molecule has 2 rings (SSSR count). The van der Waals surface area contributed by atoms with E-state index in [4.69, 9.17) is 9.31 Å². The first kappa shape index (κ1) is 12.4. The van der Waals surface area contributed by atoms with Crippen LogP contribution in [0, 0.1) is 0 Å². The van der Waals surface area contributed by atoms with Crippen molar-refractivity contribution in [3.05, 3.63) is 47.9 Å². The topological polar surface area (TPSA) is 18.5 Å². The monoisotopic (exact) mass is 230 g/mol. The summed E-state index contributed by atoms with van der Waals surface area (Å²) in [5.41, 5.74) is 1.41. The van der Waals surface area contributed by atoms with Gasteiger partial charge in [-0.2, -0.15) is 0 Å². The third-order valence-electron chi connectivity index (χ3n) is 2.83.